The lowest BCUT2D eigenvalue weighted by Gasteiger charge is -2.17. The fourth-order valence-electron chi connectivity index (χ4n) is 2.17. The average Bonchev–Trinajstić information content (AvgIpc) is 2.93. The Hall–Kier alpha value is -1.88. The first-order chi connectivity index (χ1) is 10.1. The van der Waals surface area contributed by atoms with Gasteiger partial charge in [-0.1, -0.05) is 26.0 Å². The lowest BCUT2D eigenvalue weighted by Crippen LogP contribution is -2.18. The molecule has 5 nitrogen and oxygen atoms in total. The van der Waals surface area contributed by atoms with E-state index in [2.05, 4.69) is 48.4 Å². The smallest absolute Gasteiger partial charge is 0.253 e. The minimum atomic E-state index is 0.236. The van der Waals surface area contributed by atoms with Crippen LogP contribution in [0.25, 0.3) is 0 Å². The summed E-state index contributed by atoms with van der Waals surface area (Å²) in [5.74, 6) is 2.01. The molecule has 0 bridgehead atoms. The van der Waals surface area contributed by atoms with Crippen LogP contribution in [0.3, 0.4) is 0 Å². The van der Waals surface area contributed by atoms with Crippen molar-refractivity contribution in [1.82, 2.24) is 15.5 Å². The topological polar surface area (TPSA) is 60.2 Å². The number of nitrogens with zero attached hydrogens (tertiary/aromatic N) is 2. The minimum absolute atomic E-state index is 0.236. The van der Waals surface area contributed by atoms with Crippen LogP contribution >= 0.6 is 0 Å². The van der Waals surface area contributed by atoms with Crippen LogP contribution in [0.5, 0.6) is 5.75 Å². The highest BCUT2D eigenvalue weighted by molar-refractivity contribution is 5.39. The molecule has 1 aromatic carbocycles. The van der Waals surface area contributed by atoms with Gasteiger partial charge in [0.05, 0.1) is 0 Å². The standard InChI is InChI=1S/C16H23N3O2/c1-5-15-18-19-16(21-15)10-20-14-9-11(3)7-8-13(14)12(4)17-6-2/h7-9,12,17H,5-6,10H2,1-4H3. The zero-order valence-electron chi connectivity index (χ0n) is 13.1. The number of benzene rings is 1. The van der Waals surface area contributed by atoms with Gasteiger partial charge in [0.25, 0.3) is 5.89 Å². The molecule has 0 amide bonds. The van der Waals surface area contributed by atoms with Crippen LogP contribution < -0.4 is 10.1 Å². The van der Waals surface area contributed by atoms with Crippen LogP contribution in [0, 0.1) is 6.92 Å². The van der Waals surface area contributed by atoms with Crippen molar-refractivity contribution in [2.24, 2.45) is 0 Å². The van der Waals surface area contributed by atoms with E-state index >= 15 is 0 Å². The summed E-state index contributed by atoms with van der Waals surface area (Å²) in [5, 5.41) is 11.3. The van der Waals surface area contributed by atoms with E-state index in [0.29, 0.717) is 18.4 Å². The molecule has 1 heterocycles. The number of ether oxygens (including phenoxy) is 1. The monoisotopic (exact) mass is 289 g/mol. The number of aromatic nitrogens is 2. The van der Waals surface area contributed by atoms with Crippen molar-refractivity contribution in [1.29, 1.82) is 0 Å². The first-order valence-electron chi connectivity index (χ1n) is 7.42. The summed E-state index contributed by atoms with van der Waals surface area (Å²) in [4.78, 5) is 0. The summed E-state index contributed by atoms with van der Waals surface area (Å²) in [6.07, 6.45) is 0.736. The first-order valence-corrected chi connectivity index (χ1v) is 7.42. The molecule has 1 N–H and O–H groups in total. The van der Waals surface area contributed by atoms with Gasteiger partial charge in [-0.05, 0) is 32.0 Å². The maximum absolute atomic E-state index is 5.89. The molecule has 0 saturated heterocycles. The van der Waals surface area contributed by atoms with Crippen LogP contribution in [0.4, 0.5) is 0 Å². The Morgan fingerprint density at radius 2 is 2.00 bits per heavy atom. The molecule has 5 heteroatoms. The molecule has 114 valence electrons. The van der Waals surface area contributed by atoms with Gasteiger partial charge in [0, 0.05) is 18.0 Å². The number of aryl methyl sites for hydroxylation is 2. The first kappa shape index (κ1) is 15.5. The van der Waals surface area contributed by atoms with Gasteiger partial charge in [-0.3, -0.25) is 0 Å². The molecule has 2 rings (SSSR count). The summed E-state index contributed by atoms with van der Waals surface area (Å²) >= 11 is 0. The Kier molecular flexibility index (Phi) is 5.33. The molecule has 0 aliphatic carbocycles. The van der Waals surface area contributed by atoms with Crippen molar-refractivity contribution in [2.75, 3.05) is 6.54 Å². The van der Waals surface area contributed by atoms with E-state index in [4.69, 9.17) is 9.15 Å². The Morgan fingerprint density at radius 1 is 1.24 bits per heavy atom. The van der Waals surface area contributed by atoms with E-state index in [1.165, 1.54) is 0 Å². The van der Waals surface area contributed by atoms with Crippen LogP contribution in [-0.2, 0) is 13.0 Å². The molecular weight excluding hydrogens is 266 g/mol. The summed E-state index contributed by atoms with van der Waals surface area (Å²) in [5.41, 5.74) is 2.30. The fourth-order valence-corrected chi connectivity index (χ4v) is 2.17. The molecule has 0 aliphatic rings. The molecule has 1 atom stereocenters. The van der Waals surface area contributed by atoms with Crippen molar-refractivity contribution in [3.8, 4) is 5.75 Å². The van der Waals surface area contributed by atoms with Crippen molar-refractivity contribution in [3.63, 3.8) is 0 Å². The van der Waals surface area contributed by atoms with Gasteiger partial charge >= 0.3 is 0 Å². The van der Waals surface area contributed by atoms with Crippen molar-refractivity contribution in [3.05, 3.63) is 41.1 Å². The van der Waals surface area contributed by atoms with Gasteiger partial charge < -0.3 is 14.5 Å². The number of hydrogen-bond donors (Lipinski definition) is 1. The molecule has 0 fully saturated rings. The van der Waals surface area contributed by atoms with E-state index in [9.17, 15) is 0 Å². The van der Waals surface area contributed by atoms with E-state index in [0.717, 1.165) is 29.8 Å². The van der Waals surface area contributed by atoms with Gasteiger partial charge in [0.2, 0.25) is 5.89 Å². The van der Waals surface area contributed by atoms with E-state index < -0.39 is 0 Å². The maximum atomic E-state index is 5.89. The Morgan fingerprint density at radius 3 is 2.67 bits per heavy atom. The SMILES string of the molecule is CCNC(C)c1ccc(C)cc1OCc1nnc(CC)o1. The van der Waals surface area contributed by atoms with E-state index in [-0.39, 0.29) is 6.04 Å². The molecule has 2 aromatic rings. The van der Waals surface area contributed by atoms with Crippen LogP contribution in [0.1, 0.15) is 49.7 Å². The highest BCUT2D eigenvalue weighted by Gasteiger charge is 2.12. The van der Waals surface area contributed by atoms with Gasteiger partial charge in [0.15, 0.2) is 6.61 Å². The van der Waals surface area contributed by atoms with Crippen LogP contribution in [0.15, 0.2) is 22.6 Å². The third-order valence-corrected chi connectivity index (χ3v) is 3.31. The second kappa shape index (κ2) is 7.22. The molecular formula is C16H23N3O2. The maximum Gasteiger partial charge on any atom is 0.253 e. The van der Waals surface area contributed by atoms with Gasteiger partial charge in [-0.15, -0.1) is 10.2 Å². The molecule has 1 aromatic heterocycles. The summed E-state index contributed by atoms with van der Waals surface area (Å²) in [7, 11) is 0. The number of rotatable bonds is 7. The lowest BCUT2D eigenvalue weighted by molar-refractivity contribution is 0.255. The predicted octanol–water partition coefficient (Wildman–Crippen LogP) is 3.19. The zero-order chi connectivity index (χ0) is 15.2. The molecule has 0 radical (unpaired) electrons. The Labute approximate surface area is 125 Å². The lowest BCUT2D eigenvalue weighted by atomic mass is 10.0. The number of hydrogen-bond acceptors (Lipinski definition) is 5. The predicted molar refractivity (Wildman–Crippen MR) is 81.3 cm³/mol. The Bertz CT molecular complexity index is 581. The van der Waals surface area contributed by atoms with Crippen LogP contribution in [-0.4, -0.2) is 16.7 Å². The van der Waals surface area contributed by atoms with Gasteiger partial charge in [-0.2, -0.15) is 0 Å². The second-order valence-electron chi connectivity index (χ2n) is 5.05. The third-order valence-electron chi connectivity index (χ3n) is 3.31. The second-order valence-corrected chi connectivity index (χ2v) is 5.05. The molecule has 0 saturated carbocycles. The summed E-state index contributed by atoms with van der Waals surface area (Å²) in [6, 6.07) is 6.47. The van der Waals surface area contributed by atoms with Crippen LogP contribution in [0.2, 0.25) is 0 Å². The quantitative estimate of drug-likeness (QED) is 0.848. The highest BCUT2D eigenvalue weighted by atomic mass is 16.5. The zero-order valence-corrected chi connectivity index (χ0v) is 13.1. The van der Waals surface area contributed by atoms with E-state index in [1.54, 1.807) is 0 Å². The highest BCUT2D eigenvalue weighted by Crippen LogP contribution is 2.27. The molecule has 0 spiro atoms. The van der Waals surface area contributed by atoms with Crippen molar-refractivity contribution >= 4 is 0 Å². The fraction of sp³-hybridized carbons (Fsp3) is 0.500. The van der Waals surface area contributed by atoms with Crippen molar-refractivity contribution < 1.29 is 9.15 Å². The largest absolute Gasteiger partial charge is 0.483 e. The summed E-state index contributed by atoms with van der Waals surface area (Å²) in [6.45, 7) is 9.46. The van der Waals surface area contributed by atoms with Crippen molar-refractivity contribution in [2.45, 2.75) is 46.8 Å². The molecule has 0 aliphatic heterocycles. The molecule has 21 heavy (non-hydrogen) atoms. The number of nitrogens with one attached hydrogen (secondary N) is 1. The van der Waals surface area contributed by atoms with Gasteiger partial charge in [-0.25, -0.2) is 0 Å². The summed E-state index contributed by atoms with van der Waals surface area (Å²) < 4.78 is 11.4. The van der Waals surface area contributed by atoms with E-state index in [1.807, 2.05) is 13.0 Å². The third kappa shape index (κ3) is 4.04. The van der Waals surface area contributed by atoms with Gasteiger partial charge in [0.1, 0.15) is 5.75 Å². The Balaban J connectivity index is 2.12. The average molecular weight is 289 g/mol. The normalized spacial score (nSPS) is 12.4. The molecule has 1 unspecified atom stereocenters. The minimum Gasteiger partial charge on any atom is -0.483 e.